The molecular formula is C14H20IN. The minimum Gasteiger partial charge on any atom is -0.316 e. The Labute approximate surface area is 112 Å². The average molecular weight is 329 g/mol. The van der Waals surface area contributed by atoms with Crippen LogP contribution >= 0.6 is 22.6 Å². The minimum absolute atomic E-state index is 0.558. The van der Waals surface area contributed by atoms with E-state index in [1.807, 2.05) is 0 Å². The van der Waals surface area contributed by atoms with Crippen LogP contribution in [0.1, 0.15) is 31.7 Å². The highest BCUT2D eigenvalue weighted by molar-refractivity contribution is 14.1. The van der Waals surface area contributed by atoms with Crippen molar-refractivity contribution in [3.05, 3.63) is 33.4 Å². The Balaban J connectivity index is 1.98. The van der Waals surface area contributed by atoms with Crippen molar-refractivity contribution >= 4 is 22.6 Å². The molecule has 1 saturated carbocycles. The third-order valence-electron chi connectivity index (χ3n) is 3.66. The fourth-order valence-electron chi connectivity index (χ4n) is 2.52. The summed E-state index contributed by atoms with van der Waals surface area (Å²) in [4.78, 5) is 0. The third-order valence-corrected chi connectivity index (χ3v) is 4.38. The van der Waals surface area contributed by atoms with Crippen molar-refractivity contribution in [3.8, 4) is 0 Å². The van der Waals surface area contributed by atoms with E-state index < -0.39 is 0 Å². The standard InChI is InChI=1S/C14H20IN/c1-2-16-11-14(8-3-9-14)10-12-4-6-13(15)7-5-12/h4-7,16H,2-3,8-11H2,1H3. The topological polar surface area (TPSA) is 12.0 Å². The SMILES string of the molecule is CCNCC1(Cc2ccc(I)cc2)CCC1. The molecule has 0 bridgehead atoms. The van der Waals surface area contributed by atoms with E-state index in [0.29, 0.717) is 5.41 Å². The van der Waals surface area contributed by atoms with Gasteiger partial charge in [-0.15, -0.1) is 0 Å². The molecule has 1 aliphatic rings. The van der Waals surface area contributed by atoms with Crippen LogP contribution < -0.4 is 5.32 Å². The van der Waals surface area contributed by atoms with Crippen molar-refractivity contribution in [2.75, 3.05) is 13.1 Å². The first-order valence-electron chi connectivity index (χ1n) is 6.19. The van der Waals surface area contributed by atoms with Crippen LogP contribution in [0.25, 0.3) is 0 Å². The predicted octanol–water partition coefficient (Wildman–Crippen LogP) is 3.61. The van der Waals surface area contributed by atoms with Gasteiger partial charge in [-0.25, -0.2) is 0 Å². The van der Waals surface area contributed by atoms with Crippen molar-refractivity contribution in [2.24, 2.45) is 5.41 Å². The van der Waals surface area contributed by atoms with Gasteiger partial charge in [0.05, 0.1) is 0 Å². The number of benzene rings is 1. The quantitative estimate of drug-likeness (QED) is 0.814. The Kier molecular flexibility index (Phi) is 4.25. The summed E-state index contributed by atoms with van der Waals surface area (Å²) in [6.45, 7) is 4.47. The molecule has 1 aromatic carbocycles. The van der Waals surface area contributed by atoms with Gasteiger partial charge in [0.1, 0.15) is 0 Å². The van der Waals surface area contributed by atoms with Crippen LogP contribution in [0.2, 0.25) is 0 Å². The third kappa shape index (κ3) is 2.98. The molecule has 0 aliphatic heterocycles. The van der Waals surface area contributed by atoms with Crippen LogP contribution in [0.3, 0.4) is 0 Å². The molecule has 0 saturated heterocycles. The fraction of sp³-hybridized carbons (Fsp3) is 0.571. The summed E-state index contributed by atoms with van der Waals surface area (Å²) in [6, 6.07) is 9.01. The summed E-state index contributed by atoms with van der Waals surface area (Å²) < 4.78 is 1.33. The molecule has 0 amide bonds. The van der Waals surface area contributed by atoms with E-state index in [-0.39, 0.29) is 0 Å². The Morgan fingerprint density at radius 1 is 1.25 bits per heavy atom. The Bertz CT molecular complexity index is 327. The zero-order chi connectivity index (χ0) is 11.4. The van der Waals surface area contributed by atoms with Gasteiger partial charge in [-0.3, -0.25) is 0 Å². The van der Waals surface area contributed by atoms with Crippen molar-refractivity contribution in [3.63, 3.8) is 0 Å². The maximum atomic E-state index is 3.52. The zero-order valence-electron chi connectivity index (χ0n) is 9.93. The monoisotopic (exact) mass is 329 g/mol. The molecule has 1 N–H and O–H groups in total. The summed E-state index contributed by atoms with van der Waals surface area (Å²) in [5.41, 5.74) is 2.06. The van der Waals surface area contributed by atoms with Crippen LogP contribution in [0.15, 0.2) is 24.3 Å². The molecule has 1 aromatic rings. The Morgan fingerprint density at radius 2 is 1.94 bits per heavy atom. The van der Waals surface area contributed by atoms with E-state index in [0.717, 1.165) is 6.54 Å². The smallest absolute Gasteiger partial charge is 0.0130 e. The van der Waals surface area contributed by atoms with Crippen LogP contribution in [0.4, 0.5) is 0 Å². The van der Waals surface area contributed by atoms with Crippen LogP contribution in [0, 0.1) is 8.99 Å². The molecule has 0 spiro atoms. The van der Waals surface area contributed by atoms with Gasteiger partial charge in [0.25, 0.3) is 0 Å². The molecule has 0 heterocycles. The summed E-state index contributed by atoms with van der Waals surface area (Å²) in [5, 5.41) is 3.52. The molecule has 0 radical (unpaired) electrons. The molecule has 0 aromatic heterocycles. The van der Waals surface area contributed by atoms with Crippen LogP contribution in [-0.4, -0.2) is 13.1 Å². The molecule has 1 fully saturated rings. The summed E-state index contributed by atoms with van der Waals surface area (Å²) in [7, 11) is 0. The van der Waals surface area contributed by atoms with E-state index in [1.54, 1.807) is 0 Å². The summed E-state index contributed by atoms with van der Waals surface area (Å²) in [6.07, 6.45) is 5.45. The van der Waals surface area contributed by atoms with Gasteiger partial charge < -0.3 is 5.32 Å². The number of hydrogen-bond acceptors (Lipinski definition) is 1. The van der Waals surface area contributed by atoms with E-state index >= 15 is 0 Å². The maximum absolute atomic E-state index is 3.52. The molecular weight excluding hydrogens is 309 g/mol. The van der Waals surface area contributed by atoms with Crippen molar-refractivity contribution < 1.29 is 0 Å². The van der Waals surface area contributed by atoms with E-state index in [2.05, 4.69) is 59.1 Å². The predicted molar refractivity (Wildman–Crippen MR) is 77.7 cm³/mol. The lowest BCUT2D eigenvalue weighted by molar-refractivity contribution is 0.131. The van der Waals surface area contributed by atoms with Crippen molar-refractivity contribution in [2.45, 2.75) is 32.6 Å². The summed E-state index contributed by atoms with van der Waals surface area (Å²) >= 11 is 2.37. The lowest BCUT2D eigenvalue weighted by Crippen LogP contribution is -2.41. The first-order chi connectivity index (χ1) is 7.74. The lowest BCUT2D eigenvalue weighted by Gasteiger charge is -2.42. The molecule has 88 valence electrons. The maximum Gasteiger partial charge on any atom is 0.0130 e. The number of rotatable bonds is 5. The highest BCUT2D eigenvalue weighted by atomic mass is 127. The zero-order valence-corrected chi connectivity index (χ0v) is 12.1. The average Bonchev–Trinajstić information content (AvgIpc) is 2.25. The van der Waals surface area contributed by atoms with Crippen LogP contribution in [0.5, 0.6) is 0 Å². The number of hydrogen-bond donors (Lipinski definition) is 1. The van der Waals surface area contributed by atoms with E-state index in [1.165, 1.54) is 41.4 Å². The largest absolute Gasteiger partial charge is 0.316 e. The summed E-state index contributed by atoms with van der Waals surface area (Å²) in [5.74, 6) is 0. The van der Waals surface area contributed by atoms with Gasteiger partial charge in [0.15, 0.2) is 0 Å². The van der Waals surface area contributed by atoms with Gasteiger partial charge in [0, 0.05) is 10.1 Å². The molecule has 1 nitrogen and oxygen atoms in total. The van der Waals surface area contributed by atoms with E-state index in [9.17, 15) is 0 Å². The van der Waals surface area contributed by atoms with Gasteiger partial charge in [0.2, 0.25) is 0 Å². The van der Waals surface area contributed by atoms with E-state index in [4.69, 9.17) is 0 Å². The highest BCUT2D eigenvalue weighted by Crippen LogP contribution is 2.43. The second-order valence-corrected chi connectivity index (χ2v) is 6.18. The van der Waals surface area contributed by atoms with Gasteiger partial charge in [-0.1, -0.05) is 25.5 Å². The molecule has 2 rings (SSSR count). The van der Waals surface area contributed by atoms with Gasteiger partial charge >= 0.3 is 0 Å². The lowest BCUT2D eigenvalue weighted by atomic mass is 9.65. The number of nitrogens with one attached hydrogen (secondary N) is 1. The second-order valence-electron chi connectivity index (χ2n) is 4.94. The molecule has 0 atom stereocenters. The molecule has 2 heteroatoms. The Morgan fingerprint density at radius 3 is 2.44 bits per heavy atom. The number of halogens is 1. The Hall–Kier alpha value is -0.0900. The molecule has 0 unspecified atom stereocenters. The van der Waals surface area contributed by atoms with Gasteiger partial charge in [-0.05, 0) is 71.5 Å². The normalized spacial score (nSPS) is 18.1. The molecule has 16 heavy (non-hydrogen) atoms. The highest BCUT2D eigenvalue weighted by Gasteiger charge is 2.36. The van der Waals surface area contributed by atoms with Crippen LogP contribution in [-0.2, 0) is 6.42 Å². The van der Waals surface area contributed by atoms with Crippen molar-refractivity contribution in [1.29, 1.82) is 0 Å². The first kappa shape index (κ1) is 12.4. The molecule has 1 aliphatic carbocycles. The minimum atomic E-state index is 0.558. The van der Waals surface area contributed by atoms with Gasteiger partial charge in [-0.2, -0.15) is 0 Å². The second kappa shape index (κ2) is 5.50. The van der Waals surface area contributed by atoms with Crippen molar-refractivity contribution in [1.82, 2.24) is 5.32 Å². The first-order valence-corrected chi connectivity index (χ1v) is 7.27. The fourth-order valence-corrected chi connectivity index (χ4v) is 2.88.